The zero-order valence-electron chi connectivity index (χ0n) is 10.6. The molecule has 0 spiro atoms. The zero-order chi connectivity index (χ0) is 13.2. The van der Waals surface area contributed by atoms with Crippen LogP contribution in [0.3, 0.4) is 0 Å². The van der Waals surface area contributed by atoms with Crippen LogP contribution in [-0.4, -0.2) is 41.6 Å². The summed E-state index contributed by atoms with van der Waals surface area (Å²) in [6.45, 7) is 3.36. The number of piperidine rings is 1. The third kappa shape index (κ3) is 2.82. The molecule has 0 bridgehead atoms. The quantitative estimate of drug-likeness (QED) is 0.774. The van der Waals surface area contributed by atoms with E-state index in [9.17, 15) is 4.79 Å². The van der Waals surface area contributed by atoms with Gasteiger partial charge in [-0.1, -0.05) is 17.7 Å². The van der Waals surface area contributed by atoms with Crippen LogP contribution in [0.15, 0.2) is 18.2 Å². The van der Waals surface area contributed by atoms with E-state index in [1.807, 2.05) is 6.92 Å². The Morgan fingerprint density at radius 3 is 3.00 bits per heavy atom. The zero-order valence-corrected chi connectivity index (χ0v) is 11.4. The van der Waals surface area contributed by atoms with E-state index in [0.29, 0.717) is 17.4 Å². The van der Waals surface area contributed by atoms with Crippen LogP contribution in [0, 0.1) is 0 Å². The number of hydrogen-bond acceptors (Lipinski definition) is 3. The molecular formula is C13H17ClN2O2. The summed E-state index contributed by atoms with van der Waals surface area (Å²) in [7, 11) is 1.69. The van der Waals surface area contributed by atoms with E-state index < -0.39 is 0 Å². The standard InChI is InChI=1S/C13H17ClN2O2/c1-13(18-2)7-4-8-16(9-13)12(17)10-5-3-6-11(14)15-10/h3,5-6H,4,7-9H2,1-2H3. The molecule has 1 amide bonds. The van der Waals surface area contributed by atoms with Gasteiger partial charge < -0.3 is 9.64 Å². The van der Waals surface area contributed by atoms with Crippen LogP contribution < -0.4 is 0 Å². The van der Waals surface area contributed by atoms with E-state index in [4.69, 9.17) is 16.3 Å². The number of likely N-dealkylation sites (tertiary alicyclic amines) is 1. The summed E-state index contributed by atoms with van der Waals surface area (Å²) in [5, 5.41) is 0.340. The Labute approximate surface area is 112 Å². The van der Waals surface area contributed by atoms with Gasteiger partial charge in [0, 0.05) is 20.2 Å². The highest BCUT2D eigenvalue weighted by atomic mass is 35.5. The molecule has 1 aliphatic heterocycles. The molecule has 2 heterocycles. The lowest BCUT2D eigenvalue weighted by Gasteiger charge is -2.39. The Morgan fingerprint density at radius 2 is 2.33 bits per heavy atom. The number of pyridine rings is 1. The molecule has 1 unspecified atom stereocenters. The molecule has 0 radical (unpaired) electrons. The molecule has 1 fully saturated rings. The molecule has 2 rings (SSSR count). The summed E-state index contributed by atoms with van der Waals surface area (Å²) < 4.78 is 5.48. The molecule has 1 aliphatic rings. The minimum Gasteiger partial charge on any atom is -0.377 e. The van der Waals surface area contributed by atoms with Gasteiger partial charge in [0.15, 0.2) is 0 Å². The maximum atomic E-state index is 12.3. The average molecular weight is 269 g/mol. The fourth-order valence-electron chi connectivity index (χ4n) is 2.24. The molecule has 0 saturated carbocycles. The molecule has 98 valence electrons. The summed E-state index contributed by atoms with van der Waals surface area (Å²) in [5.41, 5.74) is 0.134. The topological polar surface area (TPSA) is 42.4 Å². The van der Waals surface area contributed by atoms with E-state index in [1.54, 1.807) is 30.2 Å². The predicted octanol–water partition coefficient (Wildman–Crippen LogP) is 2.38. The van der Waals surface area contributed by atoms with Gasteiger partial charge in [0.05, 0.1) is 5.60 Å². The van der Waals surface area contributed by atoms with Crippen LogP contribution in [0.4, 0.5) is 0 Å². The highest BCUT2D eigenvalue weighted by molar-refractivity contribution is 6.29. The summed E-state index contributed by atoms with van der Waals surface area (Å²) in [4.78, 5) is 18.1. The molecule has 1 saturated heterocycles. The first-order chi connectivity index (χ1) is 8.54. The highest BCUT2D eigenvalue weighted by Crippen LogP contribution is 2.24. The smallest absolute Gasteiger partial charge is 0.272 e. The molecular weight excluding hydrogens is 252 g/mol. The summed E-state index contributed by atoms with van der Waals surface area (Å²) in [6.07, 6.45) is 1.91. The lowest BCUT2D eigenvalue weighted by molar-refractivity contribution is -0.0441. The number of hydrogen-bond donors (Lipinski definition) is 0. The highest BCUT2D eigenvalue weighted by Gasteiger charge is 2.33. The Kier molecular flexibility index (Phi) is 3.88. The van der Waals surface area contributed by atoms with Crippen LogP contribution in [0.1, 0.15) is 30.3 Å². The van der Waals surface area contributed by atoms with Gasteiger partial charge in [0.2, 0.25) is 0 Å². The second-order valence-electron chi connectivity index (χ2n) is 4.83. The number of ether oxygens (including phenoxy) is 1. The third-order valence-corrected chi connectivity index (χ3v) is 3.58. The molecule has 0 aromatic carbocycles. The van der Waals surface area contributed by atoms with Crippen molar-refractivity contribution in [2.45, 2.75) is 25.4 Å². The summed E-state index contributed by atoms with van der Waals surface area (Å²) >= 11 is 5.80. The van der Waals surface area contributed by atoms with Crippen molar-refractivity contribution in [3.63, 3.8) is 0 Å². The number of carbonyl (C=O) groups is 1. The van der Waals surface area contributed by atoms with E-state index in [2.05, 4.69) is 4.98 Å². The molecule has 0 N–H and O–H groups in total. The van der Waals surface area contributed by atoms with Crippen molar-refractivity contribution < 1.29 is 9.53 Å². The van der Waals surface area contributed by atoms with Crippen molar-refractivity contribution in [3.05, 3.63) is 29.0 Å². The predicted molar refractivity (Wildman–Crippen MR) is 69.8 cm³/mol. The first-order valence-electron chi connectivity index (χ1n) is 6.01. The molecule has 1 atom stereocenters. The van der Waals surface area contributed by atoms with E-state index in [-0.39, 0.29) is 11.5 Å². The number of rotatable bonds is 2. The van der Waals surface area contributed by atoms with Gasteiger partial charge in [-0.25, -0.2) is 4.98 Å². The van der Waals surface area contributed by atoms with Crippen LogP contribution in [0.2, 0.25) is 5.15 Å². The number of amides is 1. The molecule has 5 heteroatoms. The van der Waals surface area contributed by atoms with Crippen molar-refractivity contribution in [2.24, 2.45) is 0 Å². The number of nitrogens with zero attached hydrogens (tertiary/aromatic N) is 2. The average Bonchev–Trinajstić information content (AvgIpc) is 2.38. The summed E-state index contributed by atoms with van der Waals surface area (Å²) in [5.74, 6) is -0.0829. The maximum Gasteiger partial charge on any atom is 0.272 e. The first-order valence-corrected chi connectivity index (χ1v) is 6.39. The number of halogens is 1. The largest absolute Gasteiger partial charge is 0.377 e. The fraction of sp³-hybridized carbons (Fsp3) is 0.538. The number of aromatic nitrogens is 1. The van der Waals surface area contributed by atoms with Gasteiger partial charge in [0.25, 0.3) is 5.91 Å². The Balaban J connectivity index is 2.14. The van der Waals surface area contributed by atoms with Gasteiger partial charge in [-0.3, -0.25) is 4.79 Å². The number of carbonyl (C=O) groups excluding carboxylic acids is 1. The first kappa shape index (κ1) is 13.3. The minimum atomic E-state index is -0.257. The molecule has 18 heavy (non-hydrogen) atoms. The van der Waals surface area contributed by atoms with E-state index in [1.165, 1.54) is 0 Å². The fourth-order valence-corrected chi connectivity index (χ4v) is 2.40. The van der Waals surface area contributed by atoms with Crippen LogP contribution >= 0.6 is 11.6 Å². The van der Waals surface area contributed by atoms with Crippen molar-refractivity contribution in [2.75, 3.05) is 20.2 Å². The summed E-state index contributed by atoms with van der Waals surface area (Å²) in [6, 6.07) is 5.09. The maximum absolute atomic E-state index is 12.3. The van der Waals surface area contributed by atoms with Gasteiger partial charge in [-0.15, -0.1) is 0 Å². The molecule has 0 aliphatic carbocycles. The van der Waals surface area contributed by atoms with Crippen molar-refractivity contribution >= 4 is 17.5 Å². The van der Waals surface area contributed by atoms with Gasteiger partial charge in [-0.05, 0) is 31.9 Å². The lowest BCUT2D eigenvalue weighted by atomic mass is 9.94. The minimum absolute atomic E-state index is 0.0829. The number of methoxy groups -OCH3 is 1. The van der Waals surface area contributed by atoms with Crippen molar-refractivity contribution in [1.82, 2.24) is 9.88 Å². The van der Waals surface area contributed by atoms with E-state index >= 15 is 0 Å². The second-order valence-corrected chi connectivity index (χ2v) is 5.22. The SMILES string of the molecule is COC1(C)CCCN(C(=O)c2cccc(Cl)n2)C1. The van der Waals surface area contributed by atoms with Gasteiger partial charge in [0.1, 0.15) is 10.8 Å². The lowest BCUT2D eigenvalue weighted by Crippen LogP contribution is -2.49. The Bertz CT molecular complexity index is 452. The second kappa shape index (κ2) is 5.24. The Morgan fingerprint density at radius 1 is 1.56 bits per heavy atom. The van der Waals surface area contributed by atoms with Crippen molar-refractivity contribution in [1.29, 1.82) is 0 Å². The van der Waals surface area contributed by atoms with Gasteiger partial charge >= 0.3 is 0 Å². The molecule has 4 nitrogen and oxygen atoms in total. The third-order valence-electron chi connectivity index (χ3n) is 3.37. The van der Waals surface area contributed by atoms with Crippen LogP contribution in [0.25, 0.3) is 0 Å². The monoisotopic (exact) mass is 268 g/mol. The normalized spacial score (nSPS) is 24.1. The van der Waals surface area contributed by atoms with Gasteiger partial charge in [-0.2, -0.15) is 0 Å². The van der Waals surface area contributed by atoms with Crippen LogP contribution in [0.5, 0.6) is 0 Å². The molecule has 1 aromatic rings. The van der Waals surface area contributed by atoms with Crippen molar-refractivity contribution in [3.8, 4) is 0 Å². The van der Waals surface area contributed by atoms with E-state index in [0.717, 1.165) is 19.4 Å². The Hall–Kier alpha value is -1.13. The molecule has 1 aromatic heterocycles. The van der Waals surface area contributed by atoms with Crippen LogP contribution in [-0.2, 0) is 4.74 Å².